The molecule has 0 unspecified atom stereocenters. The monoisotopic (exact) mass is 294 g/mol. The first-order valence-corrected chi connectivity index (χ1v) is 7.25. The Kier molecular flexibility index (Phi) is 6.49. The van der Waals surface area contributed by atoms with Crippen molar-refractivity contribution in [1.29, 1.82) is 0 Å². The van der Waals surface area contributed by atoms with E-state index < -0.39 is 5.60 Å². The molecule has 0 aromatic heterocycles. The molecule has 2 amide bonds. The van der Waals surface area contributed by atoms with Crippen LogP contribution in [-0.4, -0.2) is 48.4 Å². The lowest BCUT2D eigenvalue weighted by Crippen LogP contribution is -2.45. The molecule has 5 nitrogen and oxygen atoms in total. The van der Waals surface area contributed by atoms with Gasteiger partial charge < -0.3 is 20.1 Å². The molecule has 0 aliphatic rings. The highest BCUT2D eigenvalue weighted by atomic mass is 16.5. The van der Waals surface area contributed by atoms with E-state index in [2.05, 4.69) is 5.32 Å². The molecule has 0 radical (unpaired) electrons. The highest BCUT2D eigenvalue weighted by Gasteiger charge is 2.18. The molecule has 5 heteroatoms. The first-order valence-electron chi connectivity index (χ1n) is 7.25. The summed E-state index contributed by atoms with van der Waals surface area (Å²) in [5, 5.41) is 12.5. The second kappa shape index (κ2) is 7.88. The molecule has 1 rings (SSSR count). The van der Waals surface area contributed by atoms with E-state index in [1.54, 1.807) is 20.9 Å². The average Bonchev–Trinajstić information content (AvgIpc) is 2.39. The van der Waals surface area contributed by atoms with Crippen molar-refractivity contribution < 1.29 is 14.6 Å². The van der Waals surface area contributed by atoms with E-state index in [1.807, 2.05) is 31.2 Å². The van der Waals surface area contributed by atoms with Gasteiger partial charge in [0.25, 0.3) is 0 Å². The van der Waals surface area contributed by atoms with Crippen LogP contribution in [0.15, 0.2) is 24.3 Å². The van der Waals surface area contributed by atoms with Gasteiger partial charge in [0.1, 0.15) is 5.75 Å². The zero-order valence-electron chi connectivity index (χ0n) is 13.3. The summed E-state index contributed by atoms with van der Waals surface area (Å²) < 4.78 is 5.55. The first-order chi connectivity index (χ1) is 9.83. The normalized spacial score (nSPS) is 11.1. The van der Waals surface area contributed by atoms with E-state index in [1.165, 1.54) is 4.90 Å². The number of benzene rings is 1. The summed E-state index contributed by atoms with van der Waals surface area (Å²) in [6, 6.07) is 7.63. The number of nitrogens with zero attached hydrogens (tertiary/aromatic N) is 1. The zero-order valence-corrected chi connectivity index (χ0v) is 13.3. The van der Waals surface area contributed by atoms with Gasteiger partial charge in [-0.15, -0.1) is 0 Å². The molecule has 0 heterocycles. The fourth-order valence-electron chi connectivity index (χ4n) is 2.10. The molecule has 0 bridgehead atoms. The van der Waals surface area contributed by atoms with Gasteiger partial charge in [-0.1, -0.05) is 18.2 Å². The Bertz CT molecular complexity index is 455. The minimum atomic E-state index is -0.895. The van der Waals surface area contributed by atoms with E-state index in [-0.39, 0.29) is 12.6 Å². The number of ether oxygens (including phenoxy) is 1. The Morgan fingerprint density at radius 2 is 2.05 bits per heavy atom. The maximum absolute atomic E-state index is 11.9. The number of aliphatic hydroxyl groups is 1. The van der Waals surface area contributed by atoms with Gasteiger partial charge in [-0.2, -0.15) is 0 Å². The van der Waals surface area contributed by atoms with Gasteiger partial charge in [-0.3, -0.25) is 0 Å². The van der Waals surface area contributed by atoms with Crippen molar-refractivity contribution in [2.75, 3.05) is 26.7 Å². The Balaban J connectivity index is 2.45. The van der Waals surface area contributed by atoms with Crippen LogP contribution in [-0.2, 0) is 6.42 Å². The number of nitrogens with one attached hydrogen (secondary N) is 1. The maximum Gasteiger partial charge on any atom is 0.317 e. The van der Waals surface area contributed by atoms with E-state index in [4.69, 9.17) is 4.74 Å². The number of hydrogen-bond donors (Lipinski definition) is 2. The summed E-state index contributed by atoms with van der Waals surface area (Å²) >= 11 is 0. The van der Waals surface area contributed by atoms with Crippen molar-refractivity contribution in [3.63, 3.8) is 0 Å². The fraction of sp³-hybridized carbons (Fsp3) is 0.562. The summed E-state index contributed by atoms with van der Waals surface area (Å²) in [6.07, 6.45) is 0.707. The minimum Gasteiger partial charge on any atom is -0.494 e. The SMILES string of the molecule is CCOc1ccccc1CCNC(=O)N(C)CC(C)(C)O. The van der Waals surface area contributed by atoms with Crippen LogP contribution in [0, 0.1) is 0 Å². The number of likely N-dealkylation sites (N-methyl/N-ethyl adjacent to an activating group) is 1. The van der Waals surface area contributed by atoms with Crippen molar-refractivity contribution in [1.82, 2.24) is 10.2 Å². The Hall–Kier alpha value is -1.75. The molecule has 0 atom stereocenters. The van der Waals surface area contributed by atoms with E-state index in [0.29, 0.717) is 19.6 Å². The number of carbonyl (C=O) groups is 1. The van der Waals surface area contributed by atoms with Gasteiger partial charge in [0.2, 0.25) is 0 Å². The second-order valence-electron chi connectivity index (χ2n) is 5.69. The van der Waals surface area contributed by atoms with Crippen LogP contribution >= 0.6 is 0 Å². The molecule has 118 valence electrons. The van der Waals surface area contributed by atoms with Crippen LogP contribution in [0.3, 0.4) is 0 Å². The zero-order chi connectivity index (χ0) is 15.9. The van der Waals surface area contributed by atoms with E-state index in [0.717, 1.165) is 11.3 Å². The third-order valence-electron chi connectivity index (χ3n) is 2.91. The number of carbonyl (C=O) groups excluding carboxylic acids is 1. The Morgan fingerprint density at radius 1 is 1.38 bits per heavy atom. The topological polar surface area (TPSA) is 61.8 Å². The summed E-state index contributed by atoms with van der Waals surface area (Å²) in [6.45, 7) is 6.74. The standard InChI is InChI=1S/C16H26N2O3/c1-5-21-14-9-7-6-8-13(14)10-11-17-15(19)18(4)12-16(2,3)20/h6-9,20H,5,10-12H2,1-4H3,(H,17,19). The molecule has 1 aromatic rings. The molecule has 2 N–H and O–H groups in total. The van der Waals surface area contributed by atoms with Crippen molar-refractivity contribution in [2.24, 2.45) is 0 Å². The van der Waals surface area contributed by atoms with Gasteiger partial charge in [-0.25, -0.2) is 4.79 Å². The molecule has 0 saturated carbocycles. The molecule has 21 heavy (non-hydrogen) atoms. The predicted octanol–water partition coefficient (Wildman–Crippen LogP) is 2.04. The smallest absolute Gasteiger partial charge is 0.317 e. The highest BCUT2D eigenvalue weighted by molar-refractivity contribution is 5.73. The summed E-state index contributed by atoms with van der Waals surface area (Å²) in [7, 11) is 1.67. The van der Waals surface area contributed by atoms with E-state index >= 15 is 0 Å². The van der Waals surface area contributed by atoms with Crippen LogP contribution in [0.1, 0.15) is 26.3 Å². The number of amides is 2. The van der Waals surface area contributed by atoms with Crippen LogP contribution in [0.4, 0.5) is 4.79 Å². The van der Waals surface area contributed by atoms with Crippen molar-refractivity contribution in [2.45, 2.75) is 32.8 Å². The molecule has 0 aliphatic heterocycles. The molecular formula is C16H26N2O3. The van der Waals surface area contributed by atoms with Crippen LogP contribution in [0.2, 0.25) is 0 Å². The highest BCUT2D eigenvalue weighted by Crippen LogP contribution is 2.18. The van der Waals surface area contributed by atoms with Gasteiger partial charge in [0.05, 0.1) is 18.8 Å². The number of para-hydroxylation sites is 1. The van der Waals surface area contributed by atoms with Gasteiger partial charge in [0.15, 0.2) is 0 Å². The molecular weight excluding hydrogens is 268 g/mol. The first kappa shape index (κ1) is 17.3. The lowest BCUT2D eigenvalue weighted by Gasteiger charge is -2.25. The quantitative estimate of drug-likeness (QED) is 0.809. The summed E-state index contributed by atoms with van der Waals surface area (Å²) in [5.74, 6) is 0.860. The number of hydrogen-bond acceptors (Lipinski definition) is 3. The lowest BCUT2D eigenvalue weighted by molar-refractivity contribution is 0.0532. The Morgan fingerprint density at radius 3 is 2.67 bits per heavy atom. The van der Waals surface area contributed by atoms with Gasteiger partial charge >= 0.3 is 6.03 Å². The molecule has 0 saturated heterocycles. The Labute approximate surface area is 126 Å². The van der Waals surface area contributed by atoms with Crippen molar-refractivity contribution in [3.05, 3.63) is 29.8 Å². The summed E-state index contributed by atoms with van der Waals surface area (Å²) in [4.78, 5) is 13.4. The van der Waals surface area contributed by atoms with Crippen LogP contribution in [0.5, 0.6) is 5.75 Å². The average molecular weight is 294 g/mol. The summed E-state index contributed by atoms with van der Waals surface area (Å²) in [5.41, 5.74) is 0.179. The van der Waals surface area contributed by atoms with Crippen LogP contribution in [0.25, 0.3) is 0 Å². The fourth-order valence-corrected chi connectivity index (χ4v) is 2.10. The molecule has 0 aliphatic carbocycles. The van der Waals surface area contributed by atoms with Gasteiger partial charge in [-0.05, 0) is 38.8 Å². The van der Waals surface area contributed by atoms with E-state index in [9.17, 15) is 9.90 Å². The third-order valence-corrected chi connectivity index (χ3v) is 2.91. The second-order valence-corrected chi connectivity index (χ2v) is 5.69. The maximum atomic E-state index is 11.9. The largest absolute Gasteiger partial charge is 0.494 e. The van der Waals surface area contributed by atoms with Crippen molar-refractivity contribution in [3.8, 4) is 5.75 Å². The van der Waals surface area contributed by atoms with Crippen molar-refractivity contribution >= 4 is 6.03 Å². The van der Waals surface area contributed by atoms with Gasteiger partial charge in [0, 0.05) is 13.6 Å². The predicted molar refractivity (Wildman–Crippen MR) is 83.6 cm³/mol. The molecule has 0 fully saturated rings. The minimum absolute atomic E-state index is 0.189. The number of rotatable bonds is 7. The van der Waals surface area contributed by atoms with Crippen LogP contribution < -0.4 is 10.1 Å². The number of urea groups is 1. The molecule has 0 spiro atoms. The third kappa shape index (κ3) is 6.49. The molecule has 1 aromatic carbocycles. The lowest BCUT2D eigenvalue weighted by atomic mass is 10.1.